The lowest BCUT2D eigenvalue weighted by atomic mass is 9.79. The number of aromatic nitrogens is 2. The summed E-state index contributed by atoms with van der Waals surface area (Å²) >= 11 is 9.33. The number of carbonyl (C=O) groups is 1. The summed E-state index contributed by atoms with van der Waals surface area (Å²) in [6.07, 6.45) is 11.6. The number of aldehydes is 1. The molecule has 0 bridgehead atoms. The number of hydrogen-bond donors (Lipinski definition) is 4. The van der Waals surface area contributed by atoms with Gasteiger partial charge in [0.1, 0.15) is 16.7 Å². The van der Waals surface area contributed by atoms with Crippen LogP contribution in [0.15, 0.2) is 17.2 Å². The molecule has 2 aromatic rings. The van der Waals surface area contributed by atoms with Gasteiger partial charge in [0.15, 0.2) is 11.0 Å². The van der Waals surface area contributed by atoms with Crippen molar-refractivity contribution in [1.82, 2.24) is 19.0 Å². The summed E-state index contributed by atoms with van der Waals surface area (Å²) in [5.74, 6) is 0.823. The molecule has 4 aliphatic rings. The van der Waals surface area contributed by atoms with E-state index in [0.717, 1.165) is 73.7 Å². The average molecular weight is 601 g/mol. The van der Waals surface area contributed by atoms with Crippen LogP contribution in [0.1, 0.15) is 82.0 Å². The highest BCUT2D eigenvalue weighted by molar-refractivity contribution is 8.26. The van der Waals surface area contributed by atoms with Gasteiger partial charge in [-0.15, -0.1) is 0 Å². The van der Waals surface area contributed by atoms with Crippen LogP contribution in [0.4, 0.5) is 0 Å². The van der Waals surface area contributed by atoms with Crippen LogP contribution in [0, 0.1) is 27.6 Å². The van der Waals surface area contributed by atoms with Crippen LogP contribution in [-0.4, -0.2) is 61.9 Å². The first-order valence-electron chi connectivity index (χ1n) is 13.9. The number of likely N-dealkylation sites (tertiary alicyclic amines) is 1. The van der Waals surface area contributed by atoms with E-state index in [1.165, 1.54) is 18.4 Å². The third kappa shape index (κ3) is 6.27. The molecule has 3 saturated carbocycles. The molecule has 6 rings (SSSR count). The van der Waals surface area contributed by atoms with E-state index in [1.807, 2.05) is 10.6 Å². The van der Waals surface area contributed by atoms with Crippen molar-refractivity contribution in [3.63, 3.8) is 0 Å². The minimum absolute atomic E-state index is 0.155. The first-order chi connectivity index (χ1) is 19.0. The summed E-state index contributed by atoms with van der Waals surface area (Å²) in [5.41, 5.74) is 6.54. The standard InChI is InChI=1S/C23H28ClN7S2.C5H9NO/c1-22(5-6-22)29-33-15-11-16(14-3-9-30(2)10-4-14)17-18(24)28-20(31(17)12-15)19(26)32-21(27)23(13-25)7-8-23;6-5(4-7)2-1-3-5/h11-12,14,26-27,29H,3-10H2,1-2H3;4H,1-3,6H2. The van der Waals surface area contributed by atoms with Crippen molar-refractivity contribution in [1.29, 1.82) is 16.1 Å². The number of fused-ring (bicyclic) bond motifs is 1. The number of nitriles is 1. The fourth-order valence-corrected chi connectivity index (χ4v) is 7.03. The van der Waals surface area contributed by atoms with E-state index in [-0.39, 0.29) is 15.6 Å². The number of hydrogen-bond acceptors (Lipinski definition) is 10. The number of nitrogens with two attached hydrogens (primary N) is 1. The number of piperidine rings is 1. The van der Waals surface area contributed by atoms with Crippen molar-refractivity contribution in [2.75, 3.05) is 20.1 Å². The number of rotatable bonds is 7. The van der Waals surface area contributed by atoms with Gasteiger partial charge in [-0.3, -0.25) is 19.9 Å². The molecule has 1 aliphatic heterocycles. The Bertz CT molecular complexity index is 1360. The Morgan fingerprint density at radius 2 is 1.93 bits per heavy atom. The highest BCUT2D eigenvalue weighted by Crippen LogP contribution is 2.49. The van der Waals surface area contributed by atoms with Gasteiger partial charge in [-0.05, 0) is 114 Å². The number of carbonyl (C=O) groups excluding carboxylic acids is 1. The topological polar surface area (TPSA) is 147 Å². The molecule has 0 aromatic carbocycles. The van der Waals surface area contributed by atoms with E-state index in [2.05, 4.69) is 40.7 Å². The number of thioether (sulfide) groups is 1. The molecule has 0 atom stereocenters. The predicted molar refractivity (Wildman–Crippen MR) is 163 cm³/mol. The summed E-state index contributed by atoms with van der Waals surface area (Å²) in [6.45, 7) is 4.32. The molecular weight excluding hydrogens is 564 g/mol. The molecule has 0 unspecified atom stereocenters. The van der Waals surface area contributed by atoms with E-state index < -0.39 is 11.0 Å². The van der Waals surface area contributed by atoms with Crippen molar-refractivity contribution in [3.8, 4) is 6.07 Å². The predicted octanol–water partition coefficient (Wildman–Crippen LogP) is 5.35. The first-order valence-corrected chi connectivity index (χ1v) is 15.9. The molecule has 214 valence electrons. The van der Waals surface area contributed by atoms with Gasteiger partial charge in [0.05, 0.1) is 22.2 Å². The Balaban J connectivity index is 0.000000403. The van der Waals surface area contributed by atoms with Crippen molar-refractivity contribution < 1.29 is 4.79 Å². The SMILES string of the molecule is CN1CCC(c2cc(SNC3(C)CC3)cn3c(C(=N)SC(=N)C4(C#N)CC4)nc(Cl)c23)CC1.NC1(C=O)CCC1. The van der Waals surface area contributed by atoms with Gasteiger partial charge in [-0.25, -0.2) is 4.98 Å². The molecule has 5 N–H and O–H groups in total. The maximum absolute atomic E-state index is 9.98. The second kappa shape index (κ2) is 11.4. The lowest BCUT2D eigenvalue weighted by molar-refractivity contribution is -0.114. The quantitative estimate of drug-likeness (QED) is 0.144. The second-order valence-corrected chi connectivity index (χ2v) is 14.3. The van der Waals surface area contributed by atoms with E-state index in [1.54, 1.807) is 11.9 Å². The van der Waals surface area contributed by atoms with Gasteiger partial charge >= 0.3 is 0 Å². The minimum atomic E-state index is -0.711. The molecule has 0 amide bonds. The fourth-order valence-electron chi connectivity index (χ4n) is 4.96. The van der Waals surface area contributed by atoms with E-state index in [0.29, 0.717) is 29.7 Å². The molecule has 0 radical (unpaired) electrons. The zero-order valence-corrected chi connectivity index (χ0v) is 25.4. The molecule has 4 fully saturated rings. The average Bonchev–Trinajstić information content (AvgIpc) is 3.85. The number of imidazole rings is 1. The van der Waals surface area contributed by atoms with Gasteiger partial charge in [-0.1, -0.05) is 23.4 Å². The zero-order chi connectivity index (χ0) is 28.7. The van der Waals surface area contributed by atoms with Crippen LogP contribution in [0.2, 0.25) is 5.15 Å². The molecule has 40 heavy (non-hydrogen) atoms. The number of nitrogens with zero attached hydrogens (tertiary/aromatic N) is 4. The van der Waals surface area contributed by atoms with E-state index in [4.69, 9.17) is 28.2 Å². The molecule has 9 nitrogen and oxygen atoms in total. The van der Waals surface area contributed by atoms with Gasteiger partial charge in [-0.2, -0.15) is 5.26 Å². The van der Waals surface area contributed by atoms with Crippen LogP contribution < -0.4 is 10.5 Å². The Morgan fingerprint density at radius 3 is 2.42 bits per heavy atom. The molecular formula is C28H37ClN8OS2. The van der Waals surface area contributed by atoms with Crippen molar-refractivity contribution >= 4 is 57.2 Å². The van der Waals surface area contributed by atoms with Gasteiger partial charge < -0.3 is 15.4 Å². The van der Waals surface area contributed by atoms with Crippen molar-refractivity contribution in [2.45, 2.75) is 86.6 Å². The van der Waals surface area contributed by atoms with Crippen LogP contribution in [-0.2, 0) is 4.79 Å². The Hall–Kier alpha value is -1.94. The highest BCUT2D eigenvalue weighted by Gasteiger charge is 2.48. The molecule has 2 aromatic heterocycles. The molecule has 1 saturated heterocycles. The highest BCUT2D eigenvalue weighted by atomic mass is 35.5. The van der Waals surface area contributed by atoms with Gasteiger partial charge in [0.25, 0.3) is 0 Å². The summed E-state index contributed by atoms with van der Waals surface area (Å²) in [4.78, 5) is 18.0. The zero-order valence-electron chi connectivity index (χ0n) is 23.1. The molecule has 3 aliphatic carbocycles. The Morgan fingerprint density at radius 1 is 1.25 bits per heavy atom. The van der Waals surface area contributed by atoms with Crippen LogP contribution in [0.3, 0.4) is 0 Å². The van der Waals surface area contributed by atoms with Crippen LogP contribution >= 0.6 is 35.3 Å². The monoisotopic (exact) mass is 600 g/mol. The number of nitrogens with one attached hydrogen (secondary N) is 3. The lowest BCUT2D eigenvalue weighted by Crippen LogP contribution is -2.47. The molecule has 12 heteroatoms. The fraction of sp³-hybridized carbons (Fsp3) is 0.607. The maximum Gasteiger partial charge on any atom is 0.171 e. The summed E-state index contributed by atoms with van der Waals surface area (Å²) in [7, 11) is 2.16. The van der Waals surface area contributed by atoms with Gasteiger partial charge in [0, 0.05) is 16.6 Å². The number of halogens is 1. The minimum Gasteiger partial charge on any atom is -0.319 e. The smallest absolute Gasteiger partial charge is 0.171 e. The third-order valence-corrected chi connectivity index (χ3v) is 10.9. The number of pyridine rings is 1. The van der Waals surface area contributed by atoms with E-state index >= 15 is 0 Å². The normalized spacial score (nSPS) is 22.4. The van der Waals surface area contributed by atoms with Gasteiger partial charge in [0.2, 0.25) is 0 Å². The van der Waals surface area contributed by atoms with E-state index in [9.17, 15) is 10.1 Å². The Labute approximate surface area is 249 Å². The summed E-state index contributed by atoms with van der Waals surface area (Å²) in [5, 5.41) is 27.3. The van der Waals surface area contributed by atoms with Crippen molar-refractivity contribution in [2.24, 2.45) is 11.1 Å². The third-order valence-electron chi connectivity index (χ3n) is 8.59. The molecule has 3 heterocycles. The summed E-state index contributed by atoms with van der Waals surface area (Å²) < 4.78 is 5.52. The largest absolute Gasteiger partial charge is 0.319 e. The first kappa shape index (κ1) is 29.5. The summed E-state index contributed by atoms with van der Waals surface area (Å²) in [6, 6.07) is 4.48. The molecule has 0 spiro atoms. The van der Waals surface area contributed by atoms with Crippen LogP contribution in [0.5, 0.6) is 0 Å². The maximum atomic E-state index is 9.98. The lowest BCUT2D eigenvalue weighted by Gasteiger charge is -2.31. The van der Waals surface area contributed by atoms with Crippen LogP contribution in [0.25, 0.3) is 5.52 Å². The Kier molecular flexibility index (Phi) is 8.41. The second-order valence-electron chi connectivity index (χ2n) is 12.1. The van der Waals surface area contributed by atoms with Crippen molar-refractivity contribution in [3.05, 3.63) is 28.8 Å².